The lowest BCUT2D eigenvalue weighted by Crippen LogP contribution is -2.09. The van der Waals surface area contributed by atoms with Crippen molar-refractivity contribution in [2.45, 2.75) is 13.0 Å². The van der Waals surface area contributed by atoms with Crippen LogP contribution in [0, 0.1) is 0 Å². The fourth-order valence-electron chi connectivity index (χ4n) is 1.95. The average molecular weight is 294 g/mol. The standard InChI is InChI=1S/C17H14N2O3/c1-12(21-17(20)14-10-6-3-7-11-14)15-18-19-16(22-15)13-8-4-2-5-9-13/h2-12H,1H3/t12-/m0/s1. The van der Waals surface area contributed by atoms with Crippen molar-refractivity contribution in [3.63, 3.8) is 0 Å². The molecule has 0 unspecified atom stereocenters. The number of hydrogen-bond acceptors (Lipinski definition) is 5. The first kappa shape index (κ1) is 14.0. The Hall–Kier alpha value is -2.95. The highest BCUT2D eigenvalue weighted by Gasteiger charge is 2.19. The molecule has 1 aromatic heterocycles. The van der Waals surface area contributed by atoms with Gasteiger partial charge in [0.15, 0.2) is 6.10 Å². The Bertz CT molecular complexity index is 754. The zero-order valence-corrected chi connectivity index (χ0v) is 12.0. The van der Waals surface area contributed by atoms with E-state index in [0.29, 0.717) is 11.5 Å². The quantitative estimate of drug-likeness (QED) is 0.687. The van der Waals surface area contributed by atoms with Crippen molar-refractivity contribution in [3.8, 4) is 11.5 Å². The van der Waals surface area contributed by atoms with E-state index in [-0.39, 0.29) is 5.89 Å². The Kier molecular flexibility index (Phi) is 3.96. The zero-order chi connectivity index (χ0) is 15.4. The van der Waals surface area contributed by atoms with Crippen LogP contribution in [0.15, 0.2) is 65.1 Å². The van der Waals surface area contributed by atoms with Gasteiger partial charge in [-0.05, 0) is 31.2 Å². The summed E-state index contributed by atoms with van der Waals surface area (Å²) in [7, 11) is 0. The normalized spacial score (nSPS) is 11.9. The minimum absolute atomic E-state index is 0.267. The van der Waals surface area contributed by atoms with Crippen molar-refractivity contribution in [1.29, 1.82) is 0 Å². The highest BCUT2D eigenvalue weighted by atomic mass is 16.6. The van der Waals surface area contributed by atoms with Crippen LogP contribution >= 0.6 is 0 Å². The fourth-order valence-corrected chi connectivity index (χ4v) is 1.95. The van der Waals surface area contributed by atoms with E-state index in [1.54, 1.807) is 31.2 Å². The minimum Gasteiger partial charge on any atom is -0.449 e. The Labute approximate surface area is 127 Å². The maximum Gasteiger partial charge on any atom is 0.338 e. The first-order valence-corrected chi connectivity index (χ1v) is 6.89. The van der Waals surface area contributed by atoms with Gasteiger partial charge < -0.3 is 9.15 Å². The van der Waals surface area contributed by atoms with Crippen molar-refractivity contribution in [2.75, 3.05) is 0 Å². The van der Waals surface area contributed by atoms with Crippen LogP contribution in [0.1, 0.15) is 29.3 Å². The Morgan fingerprint density at radius 1 is 1.00 bits per heavy atom. The van der Waals surface area contributed by atoms with Gasteiger partial charge in [0.25, 0.3) is 5.89 Å². The van der Waals surface area contributed by atoms with Gasteiger partial charge in [-0.2, -0.15) is 0 Å². The van der Waals surface area contributed by atoms with Crippen LogP contribution < -0.4 is 0 Å². The van der Waals surface area contributed by atoms with Crippen LogP contribution in [0.5, 0.6) is 0 Å². The molecular weight excluding hydrogens is 280 g/mol. The number of carbonyl (C=O) groups is 1. The van der Waals surface area contributed by atoms with E-state index >= 15 is 0 Å². The molecule has 3 rings (SSSR count). The summed E-state index contributed by atoms with van der Waals surface area (Å²) in [6, 6.07) is 18.2. The number of hydrogen-bond donors (Lipinski definition) is 0. The van der Waals surface area contributed by atoms with Crippen LogP contribution in [-0.4, -0.2) is 16.2 Å². The van der Waals surface area contributed by atoms with E-state index in [9.17, 15) is 4.79 Å². The lowest BCUT2D eigenvalue weighted by atomic mass is 10.2. The molecule has 0 aliphatic rings. The highest BCUT2D eigenvalue weighted by molar-refractivity contribution is 5.89. The summed E-state index contributed by atoms with van der Waals surface area (Å²) >= 11 is 0. The molecule has 2 aromatic carbocycles. The SMILES string of the molecule is C[C@H](OC(=O)c1ccccc1)c1nnc(-c2ccccc2)o1. The van der Waals surface area contributed by atoms with Crippen LogP contribution in [0.3, 0.4) is 0 Å². The maximum absolute atomic E-state index is 12.0. The maximum atomic E-state index is 12.0. The minimum atomic E-state index is -0.613. The molecule has 1 heterocycles. The summed E-state index contributed by atoms with van der Waals surface area (Å²) in [6.45, 7) is 1.70. The number of benzene rings is 2. The first-order chi connectivity index (χ1) is 10.7. The highest BCUT2D eigenvalue weighted by Crippen LogP contribution is 2.22. The third-order valence-electron chi connectivity index (χ3n) is 3.10. The van der Waals surface area contributed by atoms with Crippen LogP contribution in [0.2, 0.25) is 0 Å². The Balaban J connectivity index is 1.72. The van der Waals surface area contributed by atoms with Gasteiger partial charge in [-0.15, -0.1) is 10.2 Å². The van der Waals surface area contributed by atoms with Crippen molar-refractivity contribution >= 4 is 5.97 Å². The van der Waals surface area contributed by atoms with Gasteiger partial charge in [0.2, 0.25) is 5.89 Å². The van der Waals surface area contributed by atoms with Crippen LogP contribution in [0.4, 0.5) is 0 Å². The summed E-state index contributed by atoms with van der Waals surface area (Å²) in [5.41, 5.74) is 1.31. The summed E-state index contributed by atoms with van der Waals surface area (Å²) in [5, 5.41) is 7.92. The van der Waals surface area contributed by atoms with Crippen LogP contribution in [-0.2, 0) is 4.74 Å². The smallest absolute Gasteiger partial charge is 0.338 e. The number of rotatable bonds is 4. The average Bonchev–Trinajstić information content (AvgIpc) is 3.06. The molecule has 1 atom stereocenters. The van der Waals surface area contributed by atoms with Crippen molar-refractivity contribution in [1.82, 2.24) is 10.2 Å². The molecule has 5 nitrogen and oxygen atoms in total. The summed E-state index contributed by atoms with van der Waals surface area (Å²) in [4.78, 5) is 12.0. The molecule has 0 N–H and O–H groups in total. The number of aromatic nitrogens is 2. The molecule has 0 aliphatic carbocycles. The first-order valence-electron chi connectivity index (χ1n) is 6.89. The summed E-state index contributed by atoms with van der Waals surface area (Å²) in [5.74, 6) is 0.244. The molecule has 0 amide bonds. The van der Waals surface area contributed by atoms with E-state index in [2.05, 4.69) is 10.2 Å². The Morgan fingerprint density at radius 3 is 2.32 bits per heavy atom. The van der Waals surface area contributed by atoms with Gasteiger partial charge in [0, 0.05) is 5.56 Å². The number of carbonyl (C=O) groups excluding carboxylic acids is 1. The number of nitrogens with zero attached hydrogens (tertiary/aromatic N) is 2. The van der Waals surface area contributed by atoms with Crippen molar-refractivity contribution in [3.05, 3.63) is 72.1 Å². The van der Waals surface area contributed by atoms with Gasteiger partial charge >= 0.3 is 5.97 Å². The fraction of sp³-hybridized carbons (Fsp3) is 0.118. The predicted molar refractivity (Wildman–Crippen MR) is 80.0 cm³/mol. The largest absolute Gasteiger partial charge is 0.449 e. The molecule has 110 valence electrons. The second kappa shape index (κ2) is 6.22. The lowest BCUT2D eigenvalue weighted by molar-refractivity contribution is 0.0280. The molecule has 0 radical (unpaired) electrons. The number of esters is 1. The zero-order valence-electron chi connectivity index (χ0n) is 12.0. The van der Waals surface area contributed by atoms with Crippen LogP contribution in [0.25, 0.3) is 11.5 Å². The molecule has 5 heteroatoms. The van der Waals surface area contributed by atoms with Gasteiger partial charge in [0.1, 0.15) is 0 Å². The van der Waals surface area contributed by atoms with Gasteiger partial charge in [-0.3, -0.25) is 0 Å². The molecule has 0 saturated carbocycles. The van der Waals surface area contributed by atoms with Crippen molar-refractivity contribution < 1.29 is 13.9 Å². The lowest BCUT2D eigenvalue weighted by Gasteiger charge is -2.09. The van der Waals surface area contributed by atoms with E-state index in [1.807, 2.05) is 36.4 Å². The molecule has 0 saturated heterocycles. The molecule has 0 fully saturated rings. The van der Waals surface area contributed by atoms with E-state index in [4.69, 9.17) is 9.15 Å². The monoisotopic (exact) mass is 294 g/mol. The van der Waals surface area contributed by atoms with E-state index in [1.165, 1.54) is 0 Å². The molecule has 3 aromatic rings. The number of ether oxygens (including phenoxy) is 1. The Morgan fingerprint density at radius 2 is 1.64 bits per heavy atom. The molecule has 22 heavy (non-hydrogen) atoms. The molecule has 0 bridgehead atoms. The topological polar surface area (TPSA) is 65.2 Å². The van der Waals surface area contributed by atoms with Gasteiger partial charge in [-0.25, -0.2) is 4.79 Å². The van der Waals surface area contributed by atoms with E-state index in [0.717, 1.165) is 5.56 Å². The van der Waals surface area contributed by atoms with Gasteiger partial charge in [0.05, 0.1) is 5.56 Å². The van der Waals surface area contributed by atoms with E-state index < -0.39 is 12.1 Å². The second-order valence-corrected chi connectivity index (χ2v) is 4.73. The molecule has 0 spiro atoms. The molecule has 0 aliphatic heterocycles. The predicted octanol–water partition coefficient (Wildman–Crippen LogP) is 3.65. The molecular formula is C17H14N2O3. The van der Waals surface area contributed by atoms with Gasteiger partial charge in [-0.1, -0.05) is 36.4 Å². The summed E-state index contributed by atoms with van der Waals surface area (Å²) in [6.07, 6.45) is -0.613. The second-order valence-electron chi connectivity index (χ2n) is 4.73. The third-order valence-corrected chi connectivity index (χ3v) is 3.10. The van der Waals surface area contributed by atoms with Crippen molar-refractivity contribution in [2.24, 2.45) is 0 Å². The summed E-state index contributed by atoms with van der Waals surface area (Å²) < 4.78 is 10.9. The third kappa shape index (κ3) is 3.03.